The van der Waals surface area contributed by atoms with Crippen molar-refractivity contribution < 1.29 is 14.5 Å². The molecule has 0 unspecified atom stereocenters. The number of benzene rings is 2. The van der Waals surface area contributed by atoms with E-state index in [-0.39, 0.29) is 11.4 Å². The zero-order valence-corrected chi connectivity index (χ0v) is 17.7. The van der Waals surface area contributed by atoms with Crippen LogP contribution in [0.4, 0.5) is 11.4 Å². The van der Waals surface area contributed by atoms with Crippen LogP contribution in [0.5, 0.6) is 5.75 Å². The third-order valence-electron chi connectivity index (χ3n) is 4.87. The molecule has 8 heteroatoms. The van der Waals surface area contributed by atoms with Crippen LogP contribution in [-0.2, 0) is 6.42 Å². The van der Waals surface area contributed by atoms with Crippen molar-refractivity contribution in [2.75, 3.05) is 12.4 Å². The number of fused-ring (bicyclic) bond motifs is 1. The average molecular weight is 433 g/mol. The standard InChI is InChI=1S/C23H19N3O4S/c1-3-15-9-11-22(31-15)20-13-17(16-6-4-5-7-18(16)24-20)23(27)25-19-12-14(26(28)29)8-10-21(19)30-2/h4-13H,3H2,1-2H3,(H,25,27). The highest BCUT2D eigenvalue weighted by Gasteiger charge is 2.18. The molecule has 0 bridgehead atoms. The second kappa shape index (κ2) is 8.53. The van der Waals surface area contributed by atoms with E-state index >= 15 is 0 Å². The van der Waals surface area contributed by atoms with Gasteiger partial charge in [-0.05, 0) is 36.8 Å². The number of carbonyl (C=O) groups is 1. The molecule has 2 aromatic heterocycles. The number of aryl methyl sites for hydroxylation is 1. The molecule has 31 heavy (non-hydrogen) atoms. The highest BCUT2D eigenvalue weighted by atomic mass is 32.1. The number of pyridine rings is 1. The van der Waals surface area contributed by atoms with Gasteiger partial charge in [0.15, 0.2) is 0 Å². The van der Waals surface area contributed by atoms with Crippen LogP contribution in [-0.4, -0.2) is 22.9 Å². The molecule has 0 radical (unpaired) electrons. The Morgan fingerprint density at radius 2 is 1.97 bits per heavy atom. The summed E-state index contributed by atoms with van der Waals surface area (Å²) in [7, 11) is 1.44. The van der Waals surface area contributed by atoms with Crippen LogP contribution in [0.3, 0.4) is 0 Å². The number of methoxy groups -OCH3 is 1. The van der Waals surface area contributed by atoms with Gasteiger partial charge in [0.1, 0.15) is 5.75 Å². The Kier molecular flexibility index (Phi) is 5.64. The lowest BCUT2D eigenvalue weighted by Crippen LogP contribution is -2.14. The van der Waals surface area contributed by atoms with Gasteiger partial charge in [0.05, 0.1) is 39.4 Å². The van der Waals surface area contributed by atoms with Gasteiger partial charge in [0, 0.05) is 22.4 Å². The zero-order chi connectivity index (χ0) is 22.0. The number of hydrogen-bond donors (Lipinski definition) is 1. The first-order valence-corrected chi connectivity index (χ1v) is 10.4. The summed E-state index contributed by atoms with van der Waals surface area (Å²) < 4.78 is 5.26. The summed E-state index contributed by atoms with van der Waals surface area (Å²) in [6.45, 7) is 2.09. The van der Waals surface area contributed by atoms with Gasteiger partial charge in [-0.15, -0.1) is 11.3 Å². The molecular weight excluding hydrogens is 414 g/mol. The van der Waals surface area contributed by atoms with E-state index in [4.69, 9.17) is 9.72 Å². The summed E-state index contributed by atoms with van der Waals surface area (Å²) in [5.41, 5.74) is 1.93. The number of non-ortho nitro benzene ring substituents is 1. The average Bonchev–Trinajstić information content (AvgIpc) is 3.27. The molecular formula is C23H19N3O4S. The zero-order valence-electron chi connectivity index (χ0n) is 16.9. The van der Waals surface area contributed by atoms with Crippen LogP contribution < -0.4 is 10.1 Å². The molecule has 4 aromatic rings. The molecule has 1 amide bonds. The number of rotatable bonds is 6. The van der Waals surface area contributed by atoms with Gasteiger partial charge < -0.3 is 10.1 Å². The fourth-order valence-electron chi connectivity index (χ4n) is 3.29. The predicted molar refractivity (Wildman–Crippen MR) is 122 cm³/mol. The second-order valence-electron chi connectivity index (χ2n) is 6.79. The Labute approximate surface area is 182 Å². The molecule has 0 aliphatic heterocycles. The van der Waals surface area contributed by atoms with Crippen LogP contribution in [0.25, 0.3) is 21.5 Å². The van der Waals surface area contributed by atoms with Crippen LogP contribution in [0, 0.1) is 10.1 Å². The van der Waals surface area contributed by atoms with Crippen molar-refractivity contribution in [2.45, 2.75) is 13.3 Å². The Balaban J connectivity index is 1.79. The number of nitro benzene ring substituents is 1. The van der Waals surface area contributed by atoms with Crippen molar-refractivity contribution in [1.29, 1.82) is 0 Å². The second-order valence-corrected chi connectivity index (χ2v) is 7.96. The molecule has 0 aliphatic carbocycles. The van der Waals surface area contributed by atoms with Gasteiger partial charge in [0.2, 0.25) is 0 Å². The third kappa shape index (κ3) is 4.10. The number of hydrogen-bond acceptors (Lipinski definition) is 6. The van der Waals surface area contributed by atoms with Gasteiger partial charge in [-0.3, -0.25) is 14.9 Å². The molecule has 7 nitrogen and oxygen atoms in total. The molecule has 0 aliphatic rings. The van der Waals surface area contributed by atoms with Crippen LogP contribution in [0.2, 0.25) is 0 Å². The van der Waals surface area contributed by atoms with Gasteiger partial charge in [-0.2, -0.15) is 0 Å². The van der Waals surface area contributed by atoms with E-state index in [0.717, 1.165) is 11.3 Å². The van der Waals surface area contributed by atoms with Crippen molar-refractivity contribution in [3.05, 3.63) is 81.2 Å². The number of nitrogens with one attached hydrogen (secondary N) is 1. The number of anilines is 1. The van der Waals surface area contributed by atoms with Gasteiger partial charge >= 0.3 is 0 Å². The van der Waals surface area contributed by atoms with E-state index < -0.39 is 10.8 Å². The molecule has 1 N–H and O–H groups in total. The molecule has 156 valence electrons. The number of nitrogens with zero attached hydrogens (tertiary/aromatic N) is 2. The summed E-state index contributed by atoms with van der Waals surface area (Å²) in [5, 5.41) is 14.6. The van der Waals surface area contributed by atoms with Crippen LogP contribution in [0.1, 0.15) is 22.2 Å². The SMILES string of the molecule is CCc1ccc(-c2cc(C(=O)Nc3cc([N+](=O)[O-])ccc3OC)c3ccccc3n2)s1. The molecule has 2 heterocycles. The first kappa shape index (κ1) is 20.5. The number of aromatic nitrogens is 1. The predicted octanol–water partition coefficient (Wildman–Crippen LogP) is 5.69. The van der Waals surface area contributed by atoms with Gasteiger partial charge in [-0.25, -0.2) is 4.98 Å². The molecule has 0 spiro atoms. The number of ether oxygens (including phenoxy) is 1. The lowest BCUT2D eigenvalue weighted by Gasteiger charge is -2.12. The van der Waals surface area contributed by atoms with E-state index in [2.05, 4.69) is 18.3 Å². The van der Waals surface area contributed by atoms with Gasteiger partial charge in [-0.1, -0.05) is 25.1 Å². The maximum atomic E-state index is 13.3. The minimum absolute atomic E-state index is 0.137. The molecule has 0 atom stereocenters. The molecule has 0 saturated heterocycles. The number of para-hydroxylation sites is 1. The van der Waals surface area contributed by atoms with Crippen molar-refractivity contribution >= 4 is 39.5 Å². The monoisotopic (exact) mass is 433 g/mol. The third-order valence-corrected chi connectivity index (χ3v) is 6.12. The highest BCUT2D eigenvalue weighted by molar-refractivity contribution is 7.15. The largest absolute Gasteiger partial charge is 0.495 e. The molecule has 2 aromatic carbocycles. The van der Waals surface area contributed by atoms with Crippen molar-refractivity contribution in [1.82, 2.24) is 4.98 Å². The van der Waals surface area contributed by atoms with Crippen molar-refractivity contribution in [2.24, 2.45) is 0 Å². The van der Waals surface area contributed by atoms with Crippen molar-refractivity contribution in [3.8, 4) is 16.3 Å². The lowest BCUT2D eigenvalue weighted by molar-refractivity contribution is -0.384. The molecule has 0 saturated carbocycles. The number of thiophene rings is 1. The lowest BCUT2D eigenvalue weighted by atomic mass is 10.1. The molecule has 4 rings (SSSR count). The van der Waals surface area contributed by atoms with E-state index in [1.165, 1.54) is 30.2 Å². The normalized spacial score (nSPS) is 10.8. The minimum Gasteiger partial charge on any atom is -0.495 e. The first-order valence-electron chi connectivity index (χ1n) is 9.62. The first-order chi connectivity index (χ1) is 15.0. The quantitative estimate of drug-likeness (QED) is 0.311. The Morgan fingerprint density at radius 3 is 2.68 bits per heavy atom. The van der Waals surface area contributed by atoms with Crippen LogP contribution in [0.15, 0.2) is 60.7 Å². The Hall–Kier alpha value is -3.78. The maximum absolute atomic E-state index is 13.3. The maximum Gasteiger partial charge on any atom is 0.271 e. The summed E-state index contributed by atoms with van der Waals surface area (Å²) in [5.74, 6) is -0.0608. The van der Waals surface area contributed by atoms with Crippen LogP contribution >= 0.6 is 11.3 Å². The highest BCUT2D eigenvalue weighted by Crippen LogP contribution is 2.32. The fourth-order valence-corrected chi connectivity index (χ4v) is 4.20. The summed E-state index contributed by atoms with van der Waals surface area (Å²) in [4.78, 5) is 30.8. The minimum atomic E-state index is -0.517. The fraction of sp³-hybridized carbons (Fsp3) is 0.130. The van der Waals surface area contributed by atoms with Gasteiger partial charge in [0.25, 0.3) is 11.6 Å². The Morgan fingerprint density at radius 1 is 1.16 bits per heavy atom. The van der Waals surface area contributed by atoms with E-state index in [0.29, 0.717) is 27.9 Å². The summed E-state index contributed by atoms with van der Waals surface area (Å²) >= 11 is 1.64. The summed E-state index contributed by atoms with van der Waals surface area (Å²) in [6, 6.07) is 17.3. The Bertz CT molecular complexity index is 1300. The number of carbonyl (C=O) groups excluding carboxylic acids is 1. The van der Waals surface area contributed by atoms with E-state index in [1.807, 2.05) is 30.3 Å². The van der Waals surface area contributed by atoms with E-state index in [9.17, 15) is 14.9 Å². The smallest absolute Gasteiger partial charge is 0.271 e. The molecule has 0 fully saturated rings. The van der Waals surface area contributed by atoms with E-state index in [1.54, 1.807) is 17.4 Å². The summed E-state index contributed by atoms with van der Waals surface area (Å²) in [6.07, 6.45) is 0.929. The number of nitro groups is 1. The number of amides is 1. The topological polar surface area (TPSA) is 94.4 Å². The van der Waals surface area contributed by atoms with Crippen molar-refractivity contribution in [3.63, 3.8) is 0 Å².